The highest BCUT2D eigenvalue weighted by atomic mass is 16.5. The van der Waals surface area contributed by atoms with Crippen LogP contribution >= 0.6 is 0 Å². The minimum atomic E-state index is 0.0718. The van der Waals surface area contributed by atoms with E-state index in [1.807, 2.05) is 65.1 Å². The summed E-state index contributed by atoms with van der Waals surface area (Å²) in [4.78, 5) is 19.6. The summed E-state index contributed by atoms with van der Waals surface area (Å²) in [6, 6.07) is 14.2. The summed E-state index contributed by atoms with van der Waals surface area (Å²) < 4.78 is 13.5. The lowest BCUT2D eigenvalue weighted by Crippen LogP contribution is -2.49. The fourth-order valence-corrected chi connectivity index (χ4v) is 4.58. The maximum absolute atomic E-state index is 13.3. The third kappa shape index (κ3) is 3.88. The first-order valence-corrected chi connectivity index (χ1v) is 11.0. The monoisotopic (exact) mass is 429 g/mol. The number of rotatable bonds is 4. The highest BCUT2D eigenvalue weighted by molar-refractivity contribution is 5.98. The van der Waals surface area contributed by atoms with E-state index in [4.69, 9.17) is 9.47 Å². The number of para-hydroxylation sites is 1. The van der Waals surface area contributed by atoms with Gasteiger partial charge in [0, 0.05) is 18.3 Å². The Morgan fingerprint density at radius 3 is 2.91 bits per heavy atom. The summed E-state index contributed by atoms with van der Waals surface area (Å²) in [6.45, 7) is 3.27. The van der Waals surface area contributed by atoms with E-state index in [0.29, 0.717) is 6.61 Å². The predicted octanol–water partition coefficient (Wildman–Crippen LogP) is 4.20. The molecule has 0 saturated carbocycles. The van der Waals surface area contributed by atoms with Crippen LogP contribution in [0.2, 0.25) is 0 Å². The Labute approximate surface area is 188 Å². The van der Waals surface area contributed by atoms with E-state index in [-0.39, 0.29) is 11.9 Å². The van der Waals surface area contributed by atoms with Crippen LogP contribution < -0.4 is 9.47 Å². The number of hydrogen-bond donors (Lipinski definition) is 0. The van der Waals surface area contributed by atoms with E-state index in [9.17, 15) is 4.79 Å². The minimum Gasteiger partial charge on any atom is -0.495 e. The van der Waals surface area contributed by atoms with Crippen molar-refractivity contribution in [2.75, 3.05) is 20.3 Å². The molecule has 3 heterocycles. The van der Waals surface area contributed by atoms with Crippen molar-refractivity contribution in [3.63, 3.8) is 0 Å². The molecule has 0 bridgehead atoms. The largest absolute Gasteiger partial charge is 0.495 e. The zero-order chi connectivity index (χ0) is 22.1. The van der Waals surface area contributed by atoms with Crippen LogP contribution in [0.4, 0.5) is 0 Å². The molecular formula is C26H27N3O3. The van der Waals surface area contributed by atoms with Gasteiger partial charge in [0.2, 0.25) is 5.91 Å². The van der Waals surface area contributed by atoms with Crippen molar-refractivity contribution >= 4 is 12.0 Å². The number of amides is 1. The van der Waals surface area contributed by atoms with Crippen molar-refractivity contribution in [1.82, 2.24) is 14.5 Å². The standard InChI is InChI=1S/C26H27N3O3/c1-18-15-28(17-27-18)23-10-9-19(13-25(23)31-2)12-21-7-5-11-29(26(21)30)22-14-20-6-3-4-8-24(20)32-16-22/h3-4,6,8-10,12-13,15,17,22H,5,7,11,14,16H2,1-2H3/t22-/m1/s1. The van der Waals surface area contributed by atoms with Crippen molar-refractivity contribution in [2.24, 2.45) is 0 Å². The third-order valence-corrected chi connectivity index (χ3v) is 6.22. The average Bonchev–Trinajstić information content (AvgIpc) is 3.26. The molecule has 6 nitrogen and oxygen atoms in total. The van der Waals surface area contributed by atoms with Crippen molar-refractivity contribution in [3.05, 3.63) is 77.4 Å². The molecule has 1 amide bonds. The van der Waals surface area contributed by atoms with Gasteiger partial charge in [0.15, 0.2) is 0 Å². The first-order valence-electron chi connectivity index (χ1n) is 11.0. The molecule has 6 heteroatoms. The number of ether oxygens (including phenoxy) is 2. The molecule has 1 fully saturated rings. The molecule has 2 aromatic carbocycles. The Kier molecular flexibility index (Phi) is 5.43. The van der Waals surface area contributed by atoms with Crippen LogP contribution in [0.3, 0.4) is 0 Å². The predicted molar refractivity (Wildman–Crippen MR) is 123 cm³/mol. The van der Waals surface area contributed by atoms with Gasteiger partial charge in [-0.2, -0.15) is 0 Å². The summed E-state index contributed by atoms with van der Waals surface area (Å²) in [6.07, 6.45) is 8.31. The Hall–Kier alpha value is -3.54. The van der Waals surface area contributed by atoms with Gasteiger partial charge < -0.3 is 18.9 Å². The first kappa shape index (κ1) is 20.4. The number of nitrogens with zero attached hydrogens (tertiary/aromatic N) is 3. The SMILES string of the molecule is COc1cc(C=C2CCCN([C@H]3COc4ccccc4C3)C2=O)ccc1-n1cnc(C)c1. The highest BCUT2D eigenvalue weighted by Crippen LogP contribution is 2.31. The van der Waals surface area contributed by atoms with Crippen LogP contribution in [0, 0.1) is 6.92 Å². The molecule has 1 atom stereocenters. The van der Waals surface area contributed by atoms with Crippen LogP contribution in [0.15, 0.2) is 60.6 Å². The highest BCUT2D eigenvalue weighted by Gasteiger charge is 2.32. The van der Waals surface area contributed by atoms with E-state index < -0.39 is 0 Å². The first-order chi connectivity index (χ1) is 15.6. The van der Waals surface area contributed by atoms with Crippen molar-refractivity contribution in [2.45, 2.75) is 32.2 Å². The van der Waals surface area contributed by atoms with E-state index in [1.165, 1.54) is 5.56 Å². The molecule has 32 heavy (non-hydrogen) atoms. The Bertz CT molecular complexity index is 1180. The topological polar surface area (TPSA) is 56.6 Å². The fourth-order valence-electron chi connectivity index (χ4n) is 4.58. The second-order valence-electron chi connectivity index (χ2n) is 8.40. The van der Waals surface area contributed by atoms with Gasteiger partial charge in [-0.25, -0.2) is 4.98 Å². The molecule has 0 radical (unpaired) electrons. The van der Waals surface area contributed by atoms with Gasteiger partial charge in [-0.3, -0.25) is 4.79 Å². The molecule has 0 N–H and O–H groups in total. The number of piperidine rings is 1. The quantitative estimate of drug-likeness (QED) is 0.584. The van der Waals surface area contributed by atoms with Gasteiger partial charge in [-0.05, 0) is 61.6 Å². The van der Waals surface area contributed by atoms with Crippen molar-refractivity contribution < 1.29 is 14.3 Å². The lowest BCUT2D eigenvalue weighted by Gasteiger charge is -2.38. The van der Waals surface area contributed by atoms with Crippen molar-refractivity contribution in [3.8, 4) is 17.2 Å². The van der Waals surface area contributed by atoms with Crippen LogP contribution in [-0.4, -0.2) is 46.7 Å². The second-order valence-corrected chi connectivity index (χ2v) is 8.40. The van der Waals surface area contributed by atoms with E-state index in [1.54, 1.807) is 13.4 Å². The van der Waals surface area contributed by atoms with Crippen molar-refractivity contribution in [1.29, 1.82) is 0 Å². The molecule has 164 valence electrons. The lowest BCUT2D eigenvalue weighted by atomic mass is 9.95. The molecule has 1 aromatic heterocycles. The van der Waals surface area contributed by atoms with Gasteiger partial charge in [-0.15, -0.1) is 0 Å². The summed E-state index contributed by atoms with van der Waals surface area (Å²) >= 11 is 0. The van der Waals surface area contributed by atoms with Gasteiger partial charge in [0.25, 0.3) is 0 Å². The van der Waals surface area contributed by atoms with Gasteiger partial charge in [0.05, 0.1) is 30.9 Å². The number of methoxy groups -OCH3 is 1. The Morgan fingerprint density at radius 1 is 1.22 bits per heavy atom. The van der Waals surface area contributed by atoms with Gasteiger partial charge in [0.1, 0.15) is 18.1 Å². The van der Waals surface area contributed by atoms with Crippen LogP contribution in [0.1, 0.15) is 29.7 Å². The van der Waals surface area contributed by atoms with E-state index in [0.717, 1.165) is 59.8 Å². The number of aromatic nitrogens is 2. The van der Waals surface area contributed by atoms with E-state index >= 15 is 0 Å². The molecule has 2 aliphatic rings. The van der Waals surface area contributed by atoms with Crippen LogP contribution in [0.25, 0.3) is 11.8 Å². The number of imidazole rings is 1. The smallest absolute Gasteiger partial charge is 0.250 e. The number of benzene rings is 2. The number of fused-ring (bicyclic) bond motifs is 1. The summed E-state index contributed by atoms with van der Waals surface area (Å²) in [5.41, 5.74) is 4.83. The minimum absolute atomic E-state index is 0.0718. The van der Waals surface area contributed by atoms with E-state index in [2.05, 4.69) is 11.1 Å². The third-order valence-electron chi connectivity index (χ3n) is 6.22. The zero-order valence-electron chi connectivity index (χ0n) is 18.5. The molecular weight excluding hydrogens is 402 g/mol. The van der Waals surface area contributed by atoms with Gasteiger partial charge >= 0.3 is 0 Å². The Balaban J connectivity index is 1.38. The molecule has 3 aromatic rings. The molecule has 0 spiro atoms. The molecule has 2 aliphatic heterocycles. The van der Waals surface area contributed by atoms with Crippen LogP contribution in [-0.2, 0) is 11.2 Å². The zero-order valence-corrected chi connectivity index (χ0v) is 18.5. The maximum atomic E-state index is 13.3. The molecule has 5 rings (SSSR count). The lowest BCUT2D eigenvalue weighted by molar-refractivity contribution is -0.131. The summed E-state index contributed by atoms with van der Waals surface area (Å²) in [5, 5.41) is 0. The molecule has 0 aliphatic carbocycles. The number of carbonyl (C=O) groups is 1. The van der Waals surface area contributed by atoms with Gasteiger partial charge in [-0.1, -0.05) is 24.3 Å². The summed E-state index contributed by atoms with van der Waals surface area (Å²) in [7, 11) is 1.66. The average molecular weight is 430 g/mol. The molecule has 0 unspecified atom stereocenters. The number of aryl methyl sites for hydroxylation is 1. The number of carbonyl (C=O) groups excluding carboxylic acids is 1. The molecule has 1 saturated heterocycles. The number of likely N-dealkylation sites (tertiary alicyclic amines) is 1. The summed E-state index contributed by atoms with van der Waals surface area (Å²) in [5.74, 6) is 1.79. The fraction of sp³-hybridized carbons (Fsp3) is 0.308. The second kappa shape index (κ2) is 8.54. The van der Waals surface area contributed by atoms with Crippen LogP contribution in [0.5, 0.6) is 11.5 Å². The Morgan fingerprint density at radius 2 is 2.09 bits per heavy atom. The number of hydrogen-bond acceptors (Lipinski definition) is 4. The maximum Gasteiger partial charge on any atom is 0.250 e. The normalized spacial score (nSPS) is 19.6.